The van der Waals surface area contributed by atoms with Gasteiger partial charge in [-0.2, -0.15) is 0 Å². The molecule has 0 atom stereocenters. The van der Waals surface area contributed by atoms with Crippen LogP contribution in [0.3, 0.4) is 0 Å². The first-order valence-corrected chi connectivity index (χ1v) is 8.79. The topological polar surface area (TPSA) is 84.1 Å². The van der Waals surface area contributed by atoms with E-state index in [1.807, 2.05) is 24.3 Å². The summed E-state index contributed by atoms with van der Waals surface area (Å²) in [7, 11) is 0. The average Bonchev–Trinajstić information content (AvgIpc) is 2.97. The van der Waals surface area contributed by atoms with Gasteiger partial charge >= 0.3 is 11.8 Å². The number of H-pyrrole nitrogens is 1. The number of carbonyl (C=O) groups excluding carboxylic acids is 1. The number of rotatable bonds is 3. The standard InChI is InChI=1S/C19H14BrN3O3/c20-16-9-21-18(24)22-17(16)23-19(25)26-10-15-13-7-3-1-5-11(13)12-6-2-4-8-14(12)15/h1-9,15H,10H2,(H2,21,22,23,24,25). The maximum atomic E-state index is 12.2. The highest BCUT2D eigenvalue weighted by Crippen LogP contribution is 2.44. The zero-order chi connectivity index (χ0) is 18.1. The van der Waals surface area contributed by atoms with Gasteiger partial charge in [-0.3, -0.25) is 10.3 Å². The van der Waals surface area contributed by atoms with Crippen LogP contribution in [0, 0.1) is 0 Å². The molecule has 0 bridgehead atoms. The number of fused-ring (bicyclic) bond motifs is 3. The third kappa shape index (κ3) is 3.01. The highest BCUT2D eigenvalue weighted by Gasteiger charge is 2.29. The minimum absolute atomic E-state index is 0.0203. The molecule has 0 radical (unpaired) electrons. The van der Waals surface area contributed by atoms with Gasteiger partial charge in [-0.25, -0.2) is 14.6 Å². The summed E-state index contributed by atoms with van der Waals surface area (Å²) >= 11 is 3.22. The molecule has 1 aliphatic carbocycles. The van der Waals surface area contributed by atoms with Gasteiger partial charge in [0.1, 0.15) is 12.4 Å². The van der Waals surface area contributed by atoms with E-state index in [0.29, 0.717) is 4.47 Å². The van der Waals surface area contributed by atoms with Gasteiger partial charge in [-0.1, -0.05) is 48.5 Å². The second-order valence-corrected chi connectivity index (χ2v) is 6.72. The molecule has 2 aromatic carbocycles. The Morgan fingerprint density at radius 1 is 1.12 bits per heavy atom. The monoisotopic (exact) mass is 411 g/mol. The molecule has 0 unspecified atom stereocenters. The number of ether oxygens (including phenoxy) is 1. The number of hydrogen-bond donors (Lipinski definition) is 2. The Bertz CT molecular complexity index is 1000. The number of anilines is 1. The zero-order valence-corrected chi connectivity index (χ0v) is 15.1. The minimum Gasteiger partial charge on any atom is -0.448 e. The zero-order valence-electron chi connectivity index (χ0n) is 13.5. The summed E-state index contributed by atoms with van der Waals surface area (Å²) in [6, 6.07) is 16.2. The molecule has 3 aromatic rings. The maximum Gasteiger partial charge on any atom is 0.412 e. The molecule has 0 saturated heterocycles. The molecule has 1 heterocycles. The van der Waals surface area contributed by atoms with Crippen molar-refractivity contribution in [3.8, 4) is 11.1 Å². The first-order chi connectivity index (χ1) is 12.6. The van der Waals surface area contributed by atoms with Crippen molar-refractivity contribution >= 4 is 27.8 Å². The highest BCUT2D eigenvalue weighted by molar-refractivity contribution is 9.10. The number of hydrogen-bond acceptors (Lipinski definition) is 4. The highest BCUT2D eigenvalue weighted by atomic mass is 79.9. The Morgan fingerprint density at radius 3 is 2.38 bits per heavy atom. The van der Waals surface area contributed by atoms with Gasteiger partial charge in [-0.15, -0.1) is 0 Å². The summed E-state index contributed by atoms with van der Waals surface area (Å²) in [5.74, 6) is 0.190. The van der Waals surface area contributed by atoms with E-state index in [1.165, 1.54) is 17.3 Å². The molecule has 130 valence electrons. The largest absolute Gasteiger partial charge is 0.448 e. The molecule has 0 saturated carbocycles. The predicted octanol–water partition coefficient (Wildman–Crippen LogP) is 3.89. The second kappa shape index (κ2) is 6.76. The van der Waals surface area contributed by atoms with Gasteiger partial charge in [0.15, 0.2) is 0 Å². The van der Waals surface area contributed by atoms with Gasteiger partial charge in [0, 0.05) is 5.92 Å². The second-order valence-electron chi connectivity index (χ2n) is 5.86. The molecular formula is C19H14BrN3O3. The van der Waals surface area contributed by atoms with E-state index < -0.39 is 11.8 Å². The van der Waals surface area contributed by atoms with E-state index in [2.05, 4.69) is 55.5 Å². The lowest BCUT2D eigenvalue weighted by molar-refractivity contribution is 0.158. The van der Waals surface area contributed by atoms with E-state index in [4.69, 9.17) is 4.74 Å². The van der Waals surface area contributed by atoms with E-state index in [9.17, 15) is 9.59 Å². The number of nitrogens with one attached hydrogen (secondary N) is 2. The first-order valence-electron chi connectivity index (χ1n) is 8.00. The third-order valence-corrected chi connectivity index (χ3v) is 4.94. The maximum absolute atomic E-state index is 12.2. The van der Waals surface area contributed by atoms with Gasteiger partial charge in [0.05, 0.1) is 10.7 Å². The average molecular weight is 412 g/mol. The number of benzene rings is 2. The lowest BCUT2D eigenvalue weighted by Gasteiger charge is -2.14. The molecule has 2 N–H and O–H groups in total. The first kappa shape index (κ1) is 16.5. The number of halogens is 1. The van der Waals surface area contributed by atoms with Crippen molar-refractivity contribution in [3.05, 3.63) is 80.8 Å². The molecule has 4 rings (SSSR count). The van der Waals surface area contributed by atoms with Crippen LogP contribution in [0.25, 0.3) is 11.1 Å². The van der Waals surface area contributed by atoms with Gasteiger partial charge in [-0.05, 0) is 38.2 Å². The number of nitrogens with zero attached hydrogens (tertiary/aromatic N) is 1. The van der Waals surface area contributed by atoms with Gasteiger partial charge in [0.25, 0.3) is 0 Å². The molecular weight excluding hydrogens is 398 g/mol. The smallest absolute Gasteiger partial charge is 0.412 e. The fourth-order valence-corrected chi connectivity index (χ4v) is 3.51. The molecule has 1 aromatic heterocycles. The van der Waals surface area contributed by atoms with Crippen LogP contribution in [0.4, 0.5) is 10.6 Å². The van der Waals surface area contributed by atoms with Crippen LogP contribution in [0.15, 0.2) is 64.0 Å². The van der Waals surface area contributed by atoms with Crippen molar-refractivity contribution < 1.29 is 9.53 Å². The van der Waals surface area contributed by atoms with Crippen LogP contribution in [0.1, 0.15) is 17.0 Å². The van der Waals surface area contributed by atoms with E-state index in [-0.39, 0.29) is 18.3 Å². The molecule has 6 nitrogen and oxygen atoms in total. The van der Waals surface area contributed by atoms with E-state index in [1.54, 1.807) is 0 Å². The number of aromatic nitrogens is 2. The molecule has 26 heavy (non-hydrogen) atoms. The molecule has 0 fully saturated rings. The van der Waals surface area contributed by atoms with Crippen LogP contribution in [0.2, 0.25) is 0 Å². The number of carbonyl (C=O) groups is 1. The Hall–Kier alpha value is -2.93. The van der Waals surface area contributed by atoms with E-state index >= 15 is 0 Å². The summed E-state index contributed by atoms with van der Waals surface area (Å²) in [6.45, 7) is 0.201. The Kier molecular flexibility index (Phi) is 4.30. The van der Waals surface area contributed by atoms with Crippen LogP contribution in [0.5, 0.6) is 0 Å². The lowest BCUT2D eigenvalue weighted by Crippen LogP contribution is -2.21. The summed E-state index contributed by atoms with van der Waals surface area (Å²) in [6.07, 6.45) is 0.673. The molecule has 1 amide bonds. The van der Waals surface area contributed by atoms with Gasteiger partial charge < -0.3 is 4.74 Å². The summed E-state index contributed by atoms with van der Waals surface area (Å²) in [5.41, 5.74) is 4.05. The number of amides is 1. The fraction of sp³-hybridized carbons (Fsp3) is 0.105. The fourth-order valence-electron chi connectivity index (χ4n) is 3.21. The van der Waals surface area contributed by atoms with Crippen molar-refractivity contribution in [1.82, 2.24) is 9.97 Å². The van der Waals surface area contributed by atoms with E-state index in [0.717, 1.165) is 11.1 Å². The van der Waals surface area contributed by atoms with Crippen molar-refractivity contribution in [2.75, 3.05) is 11.9 Å². The van der Waals surface area contributed by atoms with Crippen molar-refractivity contribution in [2.45, 2.75) is 5.92 Å². The van der Waals surface area contributed by atoms with Crippen LogP contribution in [-0.4, -0.2) is 22.7 Å². The minimum atomic E-state index is -0.644. The van der Waals surface area contributed by atoms with Crippen molar-refractivity contribution in [1.29, 1.82) is 0 Å². The SMILES string of the molecule is O=C(Nc1[nH]c(=O)ncc1Br)OCC1c2ccccc2-c2ccccc21. The van der Waals surface area contributed by atoms with Gasteiger partial charge in [0.2, 0.25) is 0 Å². The third-order valence-electron chi connectivity index (χ3n) is 4.34. The predicted molar refractivity (Wildman–Crippen MR) is 101 cm³/mol. The number of aromatic amines is 1. The summed E-state index contributed by atoms with van der Waals surface area (Å²) < 4.78 is 5.89. The normalized spacial score (nSPS) is 12.3. The molecule has 0 spiro atoms. The van der Waals surface area contributed by atoms with Crippen molar-refractivity contribution in [2.24, 2.45) is 0 Å². The summed E-state index contributed by atoms with van der Waals surface area (Å²) in [5, 5.41) is 2.52. The van der Waals surface area contributed by atoms with Crippen LogP contribution < -0.4 is 11.0 Å². The van der Waals surface area contributed by atoms with Crippen LogP contribution >= 0.6 is 15.9 Å². The molecule has 7 heteroatoms. The quantitative estimate of drug-likeness (QED) is 0.684. The van der Waals surface area contributed by atoms with Crippen molar-refractivity contribution in [3.63, 3.8) is 0 Å². The molecule has 0 aliphatic heterocycles. The van der Waals surface area contributed by atoms with Crippen LogP contribution in [-0.2, 0) is 4.74 Å². The summed E-state index contributed by atoms with van der Waals surface area (Å²) in [4.78, 5) is 29.4. The Labute approximate surface area is 157 Å². The Morgan fingerprint density at radius 2 is 1.73 bits per heavy atom. The Balaban J connectivity index is 1.52. The molecule has 1 aliphatic rings. The lowest BCUT2D eigenvalue weighted by atomic mass is 9.98.